The third-order valence-electron chi connectivity index (χ3n) is 3.53. The van der Waals surface area contributed by atoms with Gasteiger partial charge in [0.2, 0.25) is 0 Å². The fourth-order valence-electron chi connectivity index (χ4n) is 2.17. The highest BCUT2D eigenvalue weighted by molar-refractivity contribution is 6.33. The highest BCUT2D eigenvalue weighted by Gasteiger charge is 2.09. The van der Waals surface area contributed by atoms with Crippen molar-refractivity contribution in [2.45, 2.75) is 0 Å². The largest absolute Gasteiger partial charge is 0.497 e. The molecule has 0 radical (unpaired) electrons. The first-order valence-corrected chi connectivity index (χ1v) is 8.09. The number of nitrogens with zero attached hydrogens (tertiary/aromatic N) is 3. The van der Waals surface area contributed by atoms with Crippen molar-refractivity contribution in [1.29, 1.82) is 0 Å². The second-order valence-corrected chi connectivity index (χ2v) is 5.65. The molecule has 3 aromatic rings. The predicted molar refractivity (Wildman–Crippen MR) is 101 cm³/mol. The number of rotatable bonds is 5. The molecule has 0 bridgehead atoms. The molecule has 0 saturated carbocycles. The molecule has 26 heavy (non-hydrogen) atoms. The topological polar surface area (TPSA) is 76.5 Å². The number of amides is 1. The molecule has 7 heteroatoms. The Labute approximate surface area is 155 Å². The van der Waals surface area contributed by atoms with Crippen LogP contribution in [0.1, 0.15) is 16.1 Å². The monoisotopic (exact) mass is 366 g/mol. The Bertz CT molecular complexity index is 942. The van der Waals surface area contributed by atoms with E-state index in [2.05, 4.69) is 20.5 Å². The number of hydrogen-bond donors (Lipinski definition) is 1. The molecule has 130 valence electrons. The Morgan fingerprint density at radius 2 is 1.92 bits per heavy atom. The quantitative estimate of drug-likeness (QED) is 0.553. The lowest BCUT2D eigenvalue weighted by molar-refractivity contribution is 0.0950. The fraction of sp³-hybridized carbons (Fsp3) is 0.0526. The summed E-state index contributed by atoms with van der Waals surface area (Å²) in [5, 5.41) is 4.46. The van der Waals surface area contributed by atoms with Crippen LogP contribution in [0.25, 0.3) is 11.3 Å². The number of methoxy groups -OCH3 is 1. The van der Waals surface area contributed by atoms with E-state index in [4.69, 9.17) is 16.3 Å². The molecule has 0 atom stereocenters. The van der Waals surface area contributed by atoms with Crippen LogP contribution in [0, 0.1) is 0 Å². The van der Waals surface area contributed by atoms with Gasteiger partial charge in [0, 0.05) is 16.1 Å². The lowest BCUT2D eigenvalue weighted by Gasteiger charge is -2.04. The van der Waals surface area contributed by atoms with Crippen LogP contribution in [0.2, 0.25) is 5.02 Å². The van der Waals surface area contributed by atoms with E-state index in [-0.39, 0.29) is 5.69 Å². The minimum Gasteiger partial charge on any atom is -0.497 e. The van der Waals surface area contributed by atoms with Gasteiger partial charge < -0.3 is 4.74 Å². The zero-order valence-corrected chi connectivity index (χ0v) is 14.6. The van der Waals surface area contributed by atoms with Gasteiger partial charge in [-0.05, 0) is 30.3 Å². The molecule has 3 rings (SSSR count). The Morgan fingerprint density at radius 1 is 1.15 bits per heavy atom. The summed E-state index contributed by atoms with van der Waals surface area (Å²) in [6.45, 7) is 0. The van der Waals surface area contributed by atoms with Gasteiger partial charge in [-0.3, -0.25) is 9.78 Å². The average Bonchev–Trinajstić information content (AvgIpc) is 2.69. The van der Waals surface area contributed by atoms with E-state index in [1.54, 1.807) is 25.4 Å². The minimum absolute atomic E-state index is 0.162. The van der Waals surface area contributed by atoms with E-state index in [0.29, 0.717) is 16.3 Å². The normalized spacial score (nSPS) is 10.7. The third-order valence-corrected chi connectivity index (χ3v) is 3.87. The summed E-state index contributed by atoms with van der Waals surface area (Å²) in [5.74, 6) is 0.278. The third kappa shape index (κ3) is 4.23. The van der Waals surface area contributed by atoms with Crippen molar-refractivity contribution in [3.05, 3.63) is 77.2 Å². The first-order valence-electron chi connectivity index (χ1n) is 7.72. The lowest BCUT2D eigenvalue weighted by Crippen LogP contribution is -2.19. The molecular weight excluding hydrogens is 352 g/mol. The van der Waals surface area contributed by atoms with E-state index in [1.165, 1.54) is 12.4 Å². The summed E-state index contributed by atoms with van der Waals surface area (Å²) in [4.78, 5) is 20.6. The van der Waals surface area contributed by atoms with E-state index in [1.807, 2.05) is 36.4 Å². The van der Waals surface area contributed by atoms with Crippen molar-refractivity contribution < 1.29 is 9.53 Å². The Balaban J connectivity index is 1.72. The maximum absolute atomic E-state index is 12.2. The van der Waals surface area contributed by atoms with Crippen LogP contribution in [0.5, 0.6) is 5.75 Å². The number of carbonyl (C=O) groups excluding carboxylic acids is 1. The summed E-state index contributed by atoms with van der Waals surface area (Å²) in [7, 11) is 1.60. The lowest BCUT2D eigenvalue weighted by atomic mass is 10.1. The zero-order valence-electron chi connectivity index (χ0n) is 13.9. The molecule has 2 aromatic carbocycles. The van der Waals surface area contributed by atoms with Crippen LogP contribution in [-0.2, 0) is 0 Å². The first-order chi connectivity index (χ1) is 12.7. The van der Waals surface area contributed by atoms with Crippen LogP contribution < -0.4 is 10.2 Å². The maximum Gasteiger partial charge on any atom is 0.291 e. The second-order valence-electron chi connectivity index (χ2n) is 5.24. The van der Waals surface area contributed by atoms with Crippen LogP contribution in [-0.4, -0.2) is 29.2 Å². The van der Waals surface area contributed by atoms with Gasteiger partial charge >= 0.3 is 0 Å². The van der Waals surface area contributed by atoms with Crippen molar-refractivity contribution >= 4 is 23.7 Å². The molecule has 1 N–H and O–H groups in total. The van der Waals surface area contributed by atoms with E-state index in [0.717, 1.165) is 11.3 Å². The number of aromatic nitrogens is 2. The van der Waals surface area contributed by atoms with Gasteiger partial charge in [0.1, 0.15) is 11.4 Å². The molecular formula is C19H15ClN4O2. The number of benzene rings is 2. The fourth-order valence-corrected chi connectivity index (χ4v) is 2.36. The van der Waals surface area contributed by atoms with Crippen LogP contribution in [0.3, 0.4) is 0 Å². The van der Waals surface area contributed by atoms with E-state index >= 15 is 0 Å². The molecule has 1 heterocycles. The molecule has 0 aliphatic heterocycles. The predicted octanol–water partition coefficient (Wildman–Crippen LogP) is 3.57. The van der Waals surface area contributed by atoms with Gasteiger partial charge in [-0.25, -0.2) is 10.4 Å². The molecule has 0 unspecified atom stereocenters. The second kappa shape index (κ2) is 8.22. The highest BCUT2D eigenvalue weighted by atomic mass is 35.5. The van der Waals surface area contributed by atoms with Gasteiger partial charge in [0.25, 0.3) is 5.91 Å². The summed E-state index contributed by atoms with van der Waals surface area (Å²) in [6, 6.07) is 14.5. The number of nitrogens with one attached hydrogen (secondary N) is 1. The summed E-state index contributed by atoms with van der Waals surface area (Å²) >= 11 is 6.03. The molecule has 0 spiro atoms. The minimum atomic E-state index is -0.462. The number of carbonyl (C=O) groups is 1. The SMILES string of the molecule is COc1ccc(-c2cncc(C(=O)N/N=C/c3ccccc3Cl)n2)cc1. The summed E-state index contributed by atoms with van der Waals surface area (Å²) in [6.07, 6.45) is 4.44. The van der Waals surface area contributed by atoms with E-state index < -0.39 is 5.91 Å². The molecule has 1 aromatic heterocycles. The van der Waals surface area contributed by atoms with Crippen molar-refractivity contribution in [1.82, 2.24) is 15.4 Å². The maximum atomic E-state index is 12.2. The molecule has 0 fully saturated rings. The van der Waals surface area contributed by atoms with Crippen molar-refractivity contribution in [3.8, 4) is 17.0 Å². The summed E-state index contributed by atoms with van der Waals surface area (Å²) < 4.78 is 5.13. The van der Waals surface area contributed by atoms with Gasteiger partial charge in [-0.15, -0.1) is 0 Å². The van der Waals surface area contributed by atoms with E-state index in [9.17, 15) is 4.79 Å². The number of halogens is 1. The molecule has 1 amide bonds. The Hall–Kier alpha value is -3.25. The highest BCUT2D eigenvalue weighted by Crippen LogP contribution is 2.20. The smallest absolute Gasteiger partial charge is 0.291 e. The van der Waals surface area contributed by atoms with Gasteiger partial charge in [-0.2, -0.15) is 5.10 Å². The number of ether oxygens (including phenoxy) is 1. The van der Waals surface area contributed by atoms with Gasteiger partial charge in [0.05, 0.1) is 31.4 Å². The van der Waals surface area contributed by atoms with Crippen molar-refractivity contribution in [2.75, 3.05) is 7.11 Å². The number of hydrazone groups is 1. The first kappa shape index (κ1) is 17.6. The standard InChI is InChI=1S/C19H15ClN4O2/c1-26-15-8-6-13(7-9-15)17-11-21-12-18(23-17)19(25)24-22-10-14-4-2-3-5-16(14)20/h2-12H,1H3,(H,24,25)/b22-10+. The van der Waals surface area contributed by atoms with Crippen molar-refractivity contribution in [3.63, 3.8) is 0 Å². The average molecular weight is 367 g/mol. The van der Waals surface area contributed by atoms with Crippen LogP contribution in [0.15, 0.2) is 66.0 Å². The van der Waals surface area contributed by atoms with Gasteiger partial charge in [0.15, 0.2) is 0 Å². The van der Waals surface area contributed by atoms with Crippen LogP contribution in [0.4, 0.5) is 0 Å². The summed E-state index contributed by atoms with van der Waals surface area (Å²) in [5.41, 5.74) is 4.69. The molecule has 0 saturated heterocycles. The van der Waals surface area contributed by atoms with Crippen LogP contribution >= 0.6 is 11.6 Å². The molecule has 0 aliphatic rings. The Morgan fingerprint density at radius 3 is 2.65 bits per heavy atom. The van der Waals surface area contributed by atoms with Crippen molar-refractivity contribution in [2.24, 2.45) is 5.10 Å². The Kier molecular flexibility index (Phi) is 5.56. The molecule has 6 nitrogen and oxygen atoms in total. The van der Waals surface area contributed by atoms with Gasteiger partial charge in [-0.1, -0.05) is 29.8 Å². The number of hydrogen-bond acceptors (Lipinski definition) is 5. The molecule has 0 aliphatic carbocycles. The zero-order chi connectivity index (χ0) is 18.4.